The maximum absolute atomic E-state index is 12.6. The van der Waals surface area contributed by atoms with Crippen molar-refractivity contribution in [3.05, 3.63) is 84.3 Å². The Hall–Kier alpha value is -3.89. The molecule has 0 fully saturated rings. The molecular formula is C26H21F2N5O2S. The standard InChI is InChI=1S/C26H21F2N5O2S/c27-24(28)14-33-13-16(12-30-33)21-10-18(7-8-29-21)35-17-5-6-20-23(11-17)36-26(31-20)32-25-19-4-2-1-3-15(19)9-22(25)34/h1-8,10-13,22,24-25,34H,9,14H2,(H,31,32)/t22-,25+/m0/s1. The zero-order valence-electron chi connectivity index (χ0n) is 18.9. The largest absolute Gasteiger partial charge is 0.457 e. The fraction of sp³-hybridized carbons (Fsp3) is 0.192. The van der Waals surface area contributed by atoms with Crippen LogP contribution in [0.5, 0.6) is 11.5 Å². The molecule has 2 atom stereocenters. The predicted octanol–water partition coefficient (Wildman–Crippen LogP) is 5.68. The Morgan fingerprint density at radius 2 is 2.00 bits per heavy atom. The number of halogens is 2. The summed E-state index contributed by atoms with van der Waals surface area (Å²) >= 11 is 1.50. The first kappa shape index (κ1) is 22.6. The average Bonchev–Trinajstić information content (AvgIpc) is 3.56. The number of benzene rings is 2. The number of rotatable bonds is 7. The van der Waals surface area contributed by atoms with E-state index in [4.69, 9.17) is 4.74 Å². The van der Waals surface area contributed by atoms with Gasteiger partial charge >= 0.3 is 0 Å². The van der Waals surface area contributed by atoms with Crippen LogP contribution in [0.1, 0.15) is 17.2 Å². The minimum absolute atomic E-state index is 0.197. The molecule has 0 saturated heterocycles. The number of nitrogens with zero attached hydrogens (tertiary/aromatic N) is 4. The van der Waals surface area contributed by atoms with Gasteiger partial charge in [0.05, 0.1) is 34.3 Å². The van der Waals surface area contributed by atoms with E-state index in [0.29, 0.717) is 29.2 Å². The molecule has 7 nitrogen and oxygen atoms in total. The van der Waals surface area contributed by atoms with Crippen molar-refractivity contribution in [3.63, 3.8) is 0 Å². The number of fused-ring (bicyclic) bond motifs is 2. The molecule has 0 amide bonds. The highest BCUT2D eigenvalue weighted by atomic mass is 32.1. The minimum atomic E-state index is -2.48. The van der Waals surface area contributed by atoms with Gasteiger partial charge in [0.25, 0.3) is 6.43 Å². The van der Waals surface area contributed by atoms with Gasteiger partial charge in [-0.15, -0.1) is 0 Å². The summed E-state index contributed by atoms with van der Waals surface area (Å²) in [6.07, 6.45) is 2.29. The Morgan fingerprint density at radius 3 is 2.89 bits per heavy atom. The van der Waals surface area contributed by atoms with Crippen LogP contribution in [0.3, 0.4) is 0 Å². The van der Waals surface area contributed by atoms with Crippen LogP contribution < -0.4 is 10.1 Å². The van der Waals surface area contributed by atoms with Crippen molar-refractivity contribution in [2.24, 2.45) is 0 Å². The summed E-state index contributed by atoms with van der Waals surface area (Å²) in [5.74, 6) is 1.20. The number of thiazole rings is 1. The molecule has 5 aromatic rings. The third-order valence-electron chi connectivity index (χ3n) is 6.06. The Bertz CT molecular complexity index is 1540. The number of aromatic nitrogens is 4. The molecule has 0 unspecified atom stereocenters. The third-order valence-corrected chi connectivity index (χ3v) is 7.01. The van der Waals surface area contributed by atoms with Gasteiger partial charge in [-0.1, -0.05) is 35.6 Å². The summed E-state index contributed by atoms with van der Waals surface area (Å²) in [7, 11) is 0. The second-order valence-corrected chi connectivity index (χ2v) is 9.59. The molecule has 3 heterocycles. The van der Waals surface area contributed by atoms with Gasteiger partial charge in [0.2, 0.25) is 0 Å². The van der Waals surface area contributed by atoms with E-state index < -0.39 is 19.1 Å². The molecular weight excluding hydrogens is 484 g/mol. The van der Waals surface area contributed by atoms with Gasteiger partial charge in [-0.05, 0) is 29.3 Å². The van der Waals surface area contributed by atoms with E-state index in [-0.39, 0.29) is 6.04 Å². The highest BCUT2D eigenvalue weighted by Gasteiger charge is 2.31. The molecule has 2 aromatic carbocycles. The molecule has 0 aliphatic heterocycles. The number of aliphatic hydroxyl groups excluding tert-OH is 1. The lowest BCUT2D eigenvalue weighted by atomic mass is 10.1. The second-order valence-electron chi connectivity index (χ2n) is 8.56. The molecule has 1 aliphatic rings. The number of alkyl halides is 2. The average molecular weight is 506 g/mol. The van der Waals surface area contributed by atoms with E-state index in [9.17, 15) is 13.9 Å². The number of hydrogen-bond acceptors (Lipinski definition) is 7. The van der Waals surface area contributed by atoms with E-state index in [0.717, 1.165) is 26.5 Å². The Kier molecular flexibility index (Phi) is 5.82. The summed E-state index contributed by atoms with van der Waals surface area (Å²) < 4.78 is 33.4. The zero-order valence-corrected chi connectivity index (χ0v) is 19.7. The SMILES string of the molecule is O[C@H]1Cc2ccccc2[C@H]1Nc1nc2ccc(Oc3ccnc(-c4cnn(CC(F)F)c4)c3)cc2s1. The quantitative estimate of drug-likeness (QED) is 0.296. The number of hydrogen-bond donors (Lipinski definition) is 2. The highest BCUT2D eigenvalue weighted by molar-refractivity contribution is 7.22. The Labute approximate surface area is 209 Å². The topological polar surface area (TPSA) is 85.1 Å². The van der Waals surface area contributed by atoms with E-state index in [2.05, 4.69) is 20.4 Å². The summed E-state index contributed by atoms with van der Waals surface area (Å²) in [5.41, 5.74) is 4.29. The summed E-state index contributed by atoms with van der Waals surface area (Å²) in [5, 5.41) is 18.6. The van der Waals surface area contributed by atoms with Gasteiger partial charge < -0.3 is 15.2 Å². The van der Waals surface area contributed by atoms with Crippen LogP contribution >= 0.6 is 11.3 Å². The molecule has 6 rings (SSSR count). The van der Waals surface area contributed by atoms with Crippen LogP contribution in [0.25, 0.3) is 21.5 Å². The molecule has 0 bridgehead atoms. The zero-order chi connectivity index (χ0) is 24.6. The molecule has 10 heteroatoms. The first-order chi connectivity index (χ1) is 17.5. The molecule has 36 heavy (non-hydrogen) atoms. The number of aliphatic hydroxyl groups is 1. The highest BCUT2D eigenvalue weighted by Crippen LogP contribution is 2.37. The lowest BCUT2D eigenvalue weighted by Gasteiger charge is -2.16. The molecule has 0 radical (unpaired) electrons. The number of nitrogens with one attached hydrogen (secondary N) is 1. The van der Waals surface area contributed by atoms with Crippen LogP contribution in [0.2, 0.25) is 0 Å². The van der Waals surface area contributed by atoms with Crippen LogP contribution in [0.4, 0.5) is 13.9 Å². The van der Waals surface area contributed by atoms with Crippen molar-refractivity contribution in [2.75, 3.05) is 5.32 Å². The van der Waals surface area contributed by atoms with Crippen LogP contribution in [-0.4, -0.2) is 37.4 Å². The fourth-order valence-corrected chi connectivity index (χ4v) is 5.35. The van der Waals surface area contributed by atoms with Gasteiger partial charge in [0, 0.05) is 36.5 Å². The van der Waals surface area contributed by atoms with Crippen LogP contribution in [0, 0.1) is 0 Å². The second kappa shape index (κ2) is 9.29. The minimum Gasteiger partial charge on any atom is -0.457 e. The third kappa shape index (κ3) is 4.52. The van der Waals surface area contributed by atoms with Gasteiger partial charge in [-0.2, -0.15) is 5.10 Å². The van der Waals surface area contributed by atoms with Crippen molar-refractivity contribution in [1.29, 1.82) is 0 Å². The Morgan fingerprint density at radius 1 is 1.14 bits per heavy atom. The molecule has 3 aromatic heterocycles. The van der Waals surface area contributed by atoms with E-state index >= 15 is 0 Å². The molecule has 2 N–H and O–H groups in total. The van der Waals surface area contributed by atoms with Crippen LogP contribution in [0.15, 0.2) is 73.2 Å². The monoisotopic (exact) mass is 505 g/mol. The molecule has 182 valence electrons. The first-order valence-corrected chi connectivity index (χ1v) is 12.2. The van der Waals surface area contributed by atoms with Gasteiger partial charge in [0.15, 0.2) is 5.13 Å². The first-order valence-electron chi connectivity index (χ1n) is 11.4. The number of pyridine rings is 1. The van der Waals surface area contributed by atoms with E-state index in [1.165, 1.54) is 28.4 Å². The van der Waals surface area contributed by atoms with Crippen molar-refractivity contribution in [2.45, 2.75) is 31.5 Å². The Balaban J connectivity index is 1.19. The fourth-order valence-electron chi connectivity index (χ4n) is 4.42. The van der Waals surface area contributed by atoms with E-state index in [1.54, 1.807) is 18.3 Å². The maximum atomic E-state index is 12.6. The van der Waals surface area contributed by atoms with Crippen LogP contribution in [-0.2, 0) is 13.0 Å². The van der Waals surface area contributed by atoms with Crippen molar-refractivity contribution < 1.29 is 18.6 Å². The van der Waals surface area contributed by atoms with Gasteiger partial charge in [0.1, 0.15) is 18.0 Å². The number of anilines is 1. The number of ether oxygens (including phenoxy) is 1. The van der Waals surface area contributed by atoms with Gasteiger partial charge in [-0.25, -0.2) is 13.8 Å². The van der Waals surface area contributed by atoms with Crippen molar-refractivity contribution in [3.8, 4) is 22.8 Å². The lowest BCUT2D eigenvalue weighted by Crippen LogP contribution is -2.20. The van der Waals surface area contributed by atoms with Gasteiger partial charge in [-0.3, -0.25) is 9.67 Å². The smallest absolute Gasteiger partial charge is 0.257 e. The predicted molar refractivity (Wildman–Crippen MR) is 134 cm³/mol. The maximum Gasteiger partial charge on any atom is 0.257 e. The normalized spacial score (nSPS) is 17.0. The lowest BCUT2D eigenvalue weighted by molar-refractivity contribution is 0.122. The van der Waals surface area contributed by atoms with Crippen molar-refractivity contribution >= 4 is 26.7 Å². The summed E-state index contributed by atoms with van der Waals surface area (Å²) in [6.45, 7) is -0.464. The van der Waals surface area contributed by atoms with Crippen molar-refractivity contribution in [1.82, 2.24) is 19.7 Å². The summed E-state index contributed by atoms with van der Waals surface area (Å²) in [6, 6.07) is 17.0. The van der Waals surface area contributed by atoms with E-state index in [1.807, 2.05) is 42.5 Å². The molecule has 0 spiro atoms. The summed E-state index contributed by atoms with van der Waals surface area (Å²) in [4.78, 5) is 8.99. The molecule has 0 saturated carbocycles. The molecule has 1 aliphatic carbocycles.